The molecule has 3 aromatic rings. The number of furan rings is 1. The number of hydrogen-bond acceptors (Lipinski definition) is 5. The first kappa shape index (κ1) is 22.9. The van der Waals surface area contributed by atoms with E-state index < -0.39 is 11.9 Å². The van der Waals surface area contributed by atoms with Crippen LogP contribution in [0, 0.1) is 0 Å². The zero-order valence-corrected chi connectivity index (χ0v) is 18.1. The topological polar surface area (TPSA) is 91.0 Å². The normalized spacial score (nSPS) is 14.1. The monoisotopic (exact) mass is 441 g/mol. The highest BCUT2D eigenvalue weighted by Crippen LogP contribution is 2.31. The molecule has 6 nitrogen and oxygen atoms in total. The van der Waals surface area contributed by atoms with Crippen LogP contribution in [0.4, 0.5) is 0 Å². The lowest BCUT2D eigenvalue weighted by Crippen LogP contribution is -2.31. The Balaban J connectivity index is 0.000000401. The lowest BCUT2D eigenvalue weighted by Gasteiger charge is -2.26. The van der Waals surface area contributed by atoms with Crippen molar-refractivity contribution in [3.8, 4) is 11.3 Å². The van der Waals surface area contributed by atoms with Crippen molar-refractivity contribution >= 4 is 34.7 Å². The van der Waals surface area contributed by atoms with E-state index in [4.69, 9.17) is 24.2 Å². The number of aliphatic carboxylic acids is 2. The Hall–Kier alpha value is -2.77. The average molecular weight is 442 g/mol. The molecule has 1 aliphatic rings. The quantitative estimate of drug-likeness (QED) is 0.412. The van der Waals surface area contributed by atoms with Crippen molar-refractivity contribution < 1.29 is 24.2 Å². The van der Waals surface area contributed by atoms with Gasteiger partial charge in [-0.25, -0.2) is 9.59 Å². The molecule has 164 valence electrons. The summed E-state index contributed by atoms with van der Waals surface area (Å²) in [5.74, 6) is -0.471. The second-order valence-electron chi connectivity index (χ2n) is 7.38. The number of likely N-dealkylation sites (tertiary alicyclic amines) is 1. The molecule has 0 amide bonds. The highest BCUT2D eigenvalue weighted by atomic mass is 32.2. The number of carbonyl (C=O) groups is 2. The van der Waals surface area contributed by atoms with Gasteiger partial charge < -0.3 is 19.5 Å². The van der Waals surface area contributed by atoms with Gasteiger partial charge in [-0.3, -0.25) is 0 Å². The number of carboxylic acids is 2. The maximum absolute atomic E-state index is 9.10. The van der Waals surface area contributed by atoms with Crippen molar-refractivity contribution in [1.29, 1.82) is 0 Å². The molecule has 1 aliphatic heterocycles. The van der Waals surface area contributed by atoms with Gasteiger partial charge in [0.1, 0.15) is 11.3 Å². The van der Waals surface area contributed by atoms with E-state index in [2.05, 4.69) is 53.4 Å². The molecule has 0 radical (unpaired) electrons. The first-order valence-electron chi connectivity index (χ1n) is 10.4. The van der Waals surface area contributed by atoms with Crippen LogP contribution < -0.4 is 0 Å². The minimum absolute atomic E-state index is 0.960. The van der Waals surface area contributed by atoms with Crippen LogP contribution in [-0.4, -0.2) is 52.4 Å². The molecule has 0 unspecified atom stereocenters. The Bertz CT molecular complexity index is 984. The summed E-state index contributed by atoms with van der Waals surface area (Å²) in [6.45, 7) is 3.79. The van der Waals surface area contributed by atoms with E-state index in [1.54, 1.807) is 0 Å². The summed E-state index contributed by atoms with van der Waals surface area (Å²) in [6.07, 6.45) is 4.16. The SMILES string of the molecule is O=C(O)C(=O)O.c1ccc(-c2cc3cccc(CSCCN4CCCCC4)c3o2)cc1. The summed E-state index contributed by atoms with van der Waals surface area (Å²) in [6, 6.07) is 19.0. The van der Waals surface area contributed by atoms with E-state index in [0.29, 0.717) is 0 Å². The van der Waals surface area contributed by atoms with Crippen molar-refractivity contribution in [2.24, 2.45) is 0 Å². The molecule has 2 aromatic carbocycles. The van der Waals surface area contributed by atoms with Gasteiger partial charge in [-0.2, -0.15) is 11.8 Å². The molecular weight excluding hydrogens is 414 g/mol. The van der Waals surface area contributed by atoms with E-state index in [9.17, 15) is 0 Å². The maximum Gasteiger partial charge on any atom is 0.414 e. The number of nitrogens with zero attached hydrogens (tertiary/aromatic N) is 1. The van der Waals surface area contributed by atoms with Crippen molar-refractivity contribution in [3.05, 3.63) is 60.2 Å². The van der Waals surface area contributed by atoms with Crippen molar-refractivity contribution in [1.82, 2.24) is 4.90 Å². The van der Waals surface area contributed by atoms with E-state index >= 15 is 0 Å². The van der Waals surface area contributed by atoms with Crippen LogP contribution in [0.25, 0.3) is 22.3 Å². The Morgan fingerprint density at radius 2 is 1.65 bits per heavy atom. The summed E-state index contributed by atoms with van der Waals surface area (Å²) in [7, 11) is 0. The number of hydrogen-bond donors (Lipinski definition) is 2. The fourth-order valence-corrected chi connectivity index (χ4v) is 4.52. The van der Waals surface area contributed by atoms with Gasteiger partial charge in [-0.05, 0) is 32.0 Å². The number of para-hydroxylation sites is 1. The maximum atomic E-state index is 9.10. The Morgan fingerprint density at radius 3 is 2.32 bits per heavy atom. The Labute approximate surface area is 185 Å². The minimum Gasteiger partial charge on any atom is -0.473 e. The molecule has 31 heavy (non-hydrogen) atoms. The van der Waals surface area contributed by atoms with Gasteiger partial charge in [0.2, 0.25) is 0 Å². The highest BCUT2D eigenvalue weighted by Gasteiger charge is 2.11. The van der Waals surface area contributed by atoms with Crippen molar-refractivity contribution in [2.45, 2.75) is 25.0 Å². The first-order chi connectivity index (χ1) is 15.0. The number of carboxylic acid groups (broad SMARTS) is 2. The summed E-state index contributed by atoms with van der Waals surface area (Å²) >= 11 is 2.02. The Morgan fingerprint density at radius 1 is 0.935 bits per heavy atom. The second-order valence-corrected chi connectivity index (χ2v) is 8.48. The van der Waals surface area contributed by atoms with Crippen LogP contribution in [-0.2, 0) is 15.3 Å². The molecule has 1 aromatic heterocycles. The van der Waals surface area contributed by atoms with Crippen LogP contribution in [0.3, 0.4) is 0 Å². The number of rotatable bonds is 6. The average Bonchev–Trinajstić information content (AvgIpc) is 3.24. The third-order valence-electron chi connectivity index (χ3n) is 5.13. The summed E-state index contributed by atoms with van der Waals surface area (Å²) in [5.41, 5.74) is 3.50. The molecule has 0 saturated carbocycles. The fourth-order valence-electron chi connectivity index (χ4n) is 3.54. The number of piperidine rings is 1. The van der Waals surface area contributed by atoms with E-state index in [1.807, 2.05) is 17.8 Å². The van der Waals surface area contributed by atoms with Gasteiger partial charge in [0.25, 0.3) is 0 Å². The van der Waals surface area contributed by atoms with Crippen LogP contribution in [0.15, 0.2) is 59.0 Å². The third-order valence-corrected chi connectivity index (χ3v) is 6.11. The van der Waals surface area contributed by atoms with Crippen molar-refractivity contribution in [2.75, 3.05) is 25.4 Å². The minimum atomic E-state index is -1.82. The zero-order chi connectivity index (χ0) is 22.1. The molecule has 0 aliphatic carbocycles. The van der Waals surface area contributed by atoms with Crippen LogP contribution in [0.5, 0.6) is 0 Å². The lowest BCUT2D eigenvalue weighted by atomic mass is 10.1. The van der Waals surface area contributed by atoms with Crippen LogP contribution in [0.1, 0.15) is 24.8 Å². The Kier molecular flexibility index (Phi) is 8.55. The van der Waals surface area contributed by atoms with Gasteiger partial charge in [0.15, 0.2) is 0 Å². The first-order valence-corrected chi connectivity index (χ1v) is 11.5. The molecule has 0 spiro atoms. The molecule has 2 N–H and O–H groups in total. The van der Waals surface area contributed by atoms with E-state index in [0.717, 1.165) is 22.7 Å². The molecule has 7 heteroatoms. The van der Waals surface area contributed by atoms with Gasteiger partial charge in [0.05, 0.1) is 0 Å². The van der Waals surface area contributed by atoms with E-state index in [1.165, 1.54) is 55.6 Å². The summed E-state index contributed by atoms with van der Waals surface area (Å²) in [4.78, 5) is 20.8. The van der Waals surface area contributed by atoms with Crippen molar-refractivity contribution in [3.63, 3.8) is 0 Å². The summed E-state index contributed by atoms with van der Waals surface area (Å²) < 4.78 is 6.21. The molecule has 0 bridgehead atoms. The van der Waals surface area contributed by atoms with Gasteiger partial charge in [-0.1, -0.05) is 55.0 Å². The standard InChI is InChI=1S/C22H25NOS.C2H2O4/c1-3-8-18(9-4-1)21-16-19-10-7-11-20(22(19)24-21)17-25-15-14-23-12-5-2-6-13-23;3-1(4)2(5)6/h1,3-4,7-11,16H,2,5-6,12-15,17H2;(H,3,4)(H,5,6). The third kappa shape index (κ3) is 6.87. The number of thioether (sulfide) groups is 1. The van der Waals surface area contributed by atoms with Gasteiger partial charge >= 0.3 is 11.9 Å². The lowest BCUT2D eigenvalue weighted by molar-refractivity contribution is -0.159. The highest BCUT2D eigenvalue weighted by molar-refractivity contribution is 7.98. The fraction of sp³-hybridized carbons (Fsp3) is 0.333. The smallest absolute Gasteiger partial charge is 0.414 e. The van der Waals surface area contributed by atoms with Crippen LogP contribution >= 0.6 is 11.8 Å². The predicted octanol–water partition coefficient (Wildman–Crippen LogP) is 4.97. The second kappa shape index (κ2) is 11.6. The molecule has 1 fully saturated rings. The molecule has 1 saturated heterocycles. The summed E-state index contributed by atoms with van der Waals surface area (Å²) in [5, 5.41) is 16.0. The zero-order valence-electron chi connectivity index (χ0n) is 17.3. The van der Waals surface area contributed by atoms with Gasteiger partial charge in [-0.15, -0.1) is 0 Å². The van der Waals surface area contributed by atoms with E-state index in [-0.39, 0.29) is 0 Å². The molecular formula is C24H27NO5S. The molecule has 0 atom stereocenters. The number of fused-ring (bicyclic) bond motifs is 1. The predicted molar refractivity (Wildman–Crippen MR) is 123 cm³/mol. The number of benzene rings is 2. The van der Waals surface area contributed by atoms with Crippen LogP contribution in [0.2, 0.25) is 0 Å². The molecule has 4 rings (SSSR count). The molecule has 2 heterocycles. The largest absolute Gasteiger partial charge is 0.473 e. The van der Waals surface area contributed by atoms with Gasteiger partial charge in [0, 0.05) is 34.6 Å².